The van der Waals surface area contributed by atoms with Gasteiger partial charge in [0.1, 0.15) is 0 Å². The Balaban J connectivity index is 2.22. The highest BCUT2D eigenvalue weighted by Crippen LogP contribution is 2.30. The van der Waals surface area contributed by atoms with Gasteiger partial charge in [-0.05, 0) is 24.5 Å². The molecule has 0 saturated carbocycles. The molecule has 0 aromatic heterocycles. The summed E-state index contributed by atoms with van der Waals surface area (Å²) in [4.78, 5) is 4.64. The third kappa shape index (κ3) is 2.55. The molecule has 2 atom stereocenters. The van der Waals surface area contributed by atoms with E-state index in [0.717, 1.165) is 19.5 Å². The van der Waals surface area contributed by atoms with E-state index >= 15 is 0 Å². The molecule has 1 heterocycles. The van der Waals surface area contributed by atoms with Gasteiger partial charge in [0.05, 0.1) is 11.4 Å². The fourth-order valence-electron chi connectivity index (χ4n) is 2.49. The number of hydrogen-bond donors (Lipinski definition) is 1. The smallest absolute Gasteiger partial charge is 0.0604 e. The monoisotopic (exact) mass is 233 g/mol. The van der Waals surface area contributed by atoms with Gasteiger partial charge in [-0.2, -0.15) is 0 Å². The van der Waals surface area contributed by atoms with Crippen molar-refractivity contribution < 1.29 is 0 Å². The van der Waals surface area contributed by atoms with Gasteiger partial charge in [-0.3, -0.25) is 0 Å². The number of rotatable bonds is 2. The molecule has 2 rings (SSSR count). The maximum Gasteiger partial charge on any atom is 0.0604 e. The standard InChI is InChI=1S/C14H23N3/c1-11-10-17(9-8-12(11)15)14-7-5-4-6-13(14)16(2)3/h4-7,11-12H,8-10,15H2,1-3H3. The molecule has 1 saturated heterocycles. The van der Waals surface area contributed by atoms with Crippen LogP contribution in [0.15, 0.2) is 24.3 Å². The van der Waals surface area contributed by atoms with Gasteiger partial charge in [0.15, 0.2) is 0 Å². The van der Waals surface area contributed by atoms with Crippen LogP contribution in [0, 0.1) is 5.92 Å². The molecule has 1 aliphatic heterocycles. The Morgan fingerprint density at radius 2 is 2.00 bits per heavy atom. The molecule has 2 unspecified atom stereocenters. The Morgan fingerprint density at radius 1 is 1.29 bits per heavy atom. The van der Waals surface area contributed by atoms with E-state index in [0.29, 0.717) is 12.0 Å². The summed E-state index contributed by atoms with van der Waals surface area (Å²) in [5.74, 6) is 0.568. The summed E-state index contributed by atoms with van der Waals surface area (Å²) in [6.07, 6.45) is 1.09. The Morgan fingerprint density at radius 3 is 2.65 bits per heavy atom. The van der Waals surface area contributed by atoms with Gasteiger partial charge in [0.2, 0.25) is 0 Å². The zero-order chi connectivity index (χ0) is 12.4. The Hall–Kier alpha value is -1.22. The van der Waals surface area contributed by atoms with E-state index in [9.17, 15) is 0 Å². The quantitative estimate of drug-likeness (QED) is 0.847. The SMILES string of the molecule is CC1CN(c2ccccc2N(C)C)CCC1N. The van der Waals surface area contributed by atoms with Crippen LogP contribution < -0.4 is 15.5 Å². The van der Waals surface area contributed by atoms with Crippen LogP contribution in [0.2, 0.25) is 0 Å². The molecule has 94 valence electrons. The van der Waals surface area contributed by atoms with Crippen molar-refractivity contribution in [1.82, 2.24) is 0 Å². The van der Waals surface area contributed by atoms with Crippen LogP contribution >= 0.6 is 0 Å². The molecular weight excluding hydrogens is 210 g/mol. The summed E-state index contributed by atoms with van der Waals surface area (Å²) in [7, 11) is 4.19. The maximum absolute atomic E-state index is 6.08. The Kier molecular flexibility index (Phi) is 3.57. The van der Waals surface area contributed by atoms with E-state index < -0.39 is 0 Å². The van der Waals surface area contributed by atoms with E-state index in [1.54, 1.807) is 0 Å². The molecule has 1 aromatic carbocycles. The average molecular weight is 233 g/mol. The lowest BCUT2D eigenvalue weighted by Gasteiger charge is -2.38. The molecule has 0 radical (unpaired) electrons. The van der Waals surface area contributed by atoms with Gasteiger partial charge < -0.3 is 15.5 Å². The highest BCUT2D eigenvalue weighted by molar-refractivity contribution is 5.70. The molecule has 1 aromatic rings. The number of hydrogen-bond acceptors (Lipinski definition) is 3. The molecule has 0 bridgehead atoms. The Bertz CT molecular complexity index is 375. The molecule has 17 heavy (non-hydrogen) atoms. The predicted octanol–water partition coefficient (Wildman–Crippen LogP) is 1.93. The van der Waals surface area contributed by atoms with Crippen LogP contribution in [-0.2, 0) is 0 Å². The minimum Gasteiger partial charge on any atom is -0.376 e. The lowest BCUT2D eigenvalue weighted by atomic mass is 9.94. The van der Waals surface area contributed by atoms with E-state index in [1.165, 1.54) is 11.4 Å². The normalized spacial score (nSPS) is 24.8. The number of nitrogens with two attached hydrogens (primary N) is 1. The molecule has 1 aliphatic rings. The first-order chi connectivity index (χ1) is 8.09. The van der Waals surface area contributed by atoms with Crippen LogP contribution in [0.1, 0.15) is 13.3 Å². The summed E-state index contributed by atoms with van der Waals surface area (Å²) in [6, 6.07) is 8.95. The first-order valence-corrected chi connectivity index (χ1v) is 6.36. The van der Waals surface area contributed by atoms with Crippen molar-refractivity contribution in [2.75, 3.05) is 37.0 Å². The third-order valence-electron chi connectivity index (χ3n) is 3.68. The van der Waals surface area contributed by atoms with Gasteiger partial charge >= 0.3 is 0 Å². The fourth-order valence-corrected chi connectivity index (χ4v) is 2.49. The van der Waals surface area contributed by atoms with Crippen molar-refractivity contribution in [3.8, 4) is 0 Å². The highest BCUT2D eigenvalue weighted by atomic mass is 15.2. The minimum absolute atomic E-state index is 0.359. The summed E-state index contributed by atoms with van der Waals surface area (Å²) in [5, 5.41) is 0. The zero-order valence-corrected chi connectivity index (χ0v) is 11.1. The molecule has 3 nitrogen and oxygen atoms in total. The van der Waals surface area contributed by atoms with Crippen molar-refractivity contribution in [2.45, 2.75) is 19.4 Å². The topological polar surface area (TPSA) is 32.5 Å². The van der Waals surface area contributed by atoms with Crippen LogP contribution in [0.5, 0.6) is 0 Å². The number of piperidine rings is 1. The lowest BCUT2D eigenvalue weighted by molar-refractivity contribution is 0.383. The molecule has 0 amide bonds. The summed E-state index contributed by atoms with van der Waals surface area (Å²) >= 11 is 0. The van der Waals surface area contributed by atoms with Crippen LogP contribution in [0.3, 0.4) is 0 Å². The van der Waals surface area contributed by atoms with Gasteiger partial charge in [0.25, 0.3) is 0 Å². The molecular formula is C14H23N3. The Labute approximate surface area is 104 Å². The van der Waals surface area contributed by atoms with Crippen molar-refractivity contribution in [3.63, 3.8) is 0 Å². The molecule has 1 fully saturated rings. The van der Waals surface area contributed by atoms with Crippen molar-refractivity contribution >= 4 is 11.4 Å². The predicted molar refractivity (Wildman–Crippen MR) is 74.7 cm³/mol. The summed E-state index contributed by atoms with van der Waals surface area (Å²) in [5.41, 5.74) is 8.70. The van der Waals surface area contributed by atoms with Crippen molar-refractivity contribution in [2.24, 2.45) is 11.7 Å². The minimum atomic E-state index is 0.359. The largest absolute Gasteiger partial charge is 0.376 e. The molecule has 0 aliphatic carbocycles. The first-order valence-electron chi connectivity index (χ1n) is 6.36. The third-order valence-corrected chi connectivity index (χ3v) is 3.68. The van der Waals surface area contributed by atoms with Gasteiger partial charge in [-0.25, -0.2) is 0 Å². The summed E-state index contributed by atoms with van der Waals surface area (Å²) < 4.78 is 0. The number of para-hydroxylation sites is 2. The van der Waals surface area contributed by atoms with Crippen LogP contribution in [-0.4, -0.2) is 33.2 Å². The van der Waals surface area contributed by atoms with Gasteiger partial charge in [-0.15, -0.1) is 0 Å². The van der Waals surface area contributed by atoms with Crippen LogP contribution in [0.25, 0.3) is 0 Å². The average Bonchev–Trinajstić information content (AvgIpc) is 2.32. The van der Waals surface area contributed by atoms with Gasteiger partial charge in [0, 0.05) is 33.2 Å². The second kappa shape index (κ2) is 4.96. The second-order valence-corrected chi connectivity index (χ2v) is 5.26. The van der Waals surface area contributed by atoms with E-state index in [4.69, 9.17) is 5.73 Å². The fraction of sp³-hybridized carbons (Fsp3) is 0.571. The molecule has 3 heteroatoms. The van der Waals surface area contributed by atoms with Gasteiger partial charge in [-0.1, -0.05) is 19.1 Å². The molecule has 2 N–H and O–H groups in total. The van der Waals surface area contributed by atoms with Crippen molar-refractivity contribution in [3.05, 3.63) is 24.3 Å². The van der Waals surface area contributed by atoms with E-state index in [1.807, 2.05) is 0 Å². The van der Waals surface area contributed by atoms with E-state index in [2.05, 4.69) is 55.1 Å². The first kappa shape index (κ1) is 12.2. The van der Waals surface area contributed by atoms with Crippen LogP contribution in [0.4, 0.5) is 11.4 Å². The van der Waals surface area contributed by atoms with Crippen molar-refractivity contribution in [1.29, 1.82) is 0 Å². The maximum atomic E-state index is 6.08. The number of anilines is 2. The highest BCUT2D eigenvalue weighted by Gasteiger charge is 2.24. The summed E-state index contributed by atoms with van der Waals surface area (Å²) in [6.45, 7) is 4.37. The zero-order valence-electron chi connectivity index (χ0n) is 11.1. The number of benzene rings is 1. The second-order valence-electron chi connectivity index (χ2n) is 5.26. The number of nitrogens with zero attached hydrogens (tertiary/aromatic N) is 2. The lowest BCUT2D eigenvalue weighted by Crippen LogP contribution is -2.46. The molecule has 0 spiro atoms. The van der Waals surface area contributed by atoms with E-state index in [-0.39, 0.29) is 0 Å².